The van der Waals surface area contributed by atoms with Crippen molar-refractivity contribution in [2.75, 3.05) is 18.5 Å². The Bertz CT molecular complexity index is 359. The van der Waals surface area contributed by atoms with E-state index in [4.69, 9.17) is 0 Å². The minimum absolute atomic E-state index is 0.178. The van der Waals surface area contributed by atoms with Gasteiger partial charge in [-0.1, -0.05) is 32.9 Å². The fourth-order valence-corrected chi connectivity index (χ4v) is 1.64. The van der Waals surface area contributed by atoms with Gasteiger partial charge in [-0.2, -0.15) is 0 Å². The van der Waals surface area contributed by atoms with Crippen molar-refractivity contribution < 1.29 is 4.79 Å². The van der Waals surface area contributed by atoms with Crippen LogP contribution < -0.4 is 4.90 Å². The van der Waals surface area contributed by atoms with Crippen molar-refractivity contribution in [1.82, 2.24) is 0 Å². The van der Waals surface area contributed by atoms with Crippen molar-refractivity contribution in [3.63, 3.8) is 0 Å². The first-order valence-electron chi connectivity index (χ1n) is 5.62. The molecule has 0 aliphatic rings. The molecular formula is C14H21NO. The van der Waals surface area contributed by atoms with Gasteiger partial charge in [0.05, 0.1) is 6.54 Å². The number of carbonyl (C=O) groups is 1. The molecule has 0 aliphatic heterocycles. The average Bonchev–Trinajstić information content (AvgIpc) is 2.15. The second-order valence-electron chi connectivity index (χ2n) is 5.35. The van der Waals surface area contributed by atoms with E-state index in [-0.39, 0.29) is 11.2 Å². The van der Waals surface area contributed by atoms with E-state index in [1.54, 1.807) is 6.92 Å². The molecule has 16 heavy (non-hydrogen) atoms. The minimum Gasteiger partial charge on any atom is -0.367 e. The highest BCUT2D eigenvalue weighted by atomic mass is 16.1. The number of benzene rings is 1. The number of rotatable bonds is 3. The lowest BCUT2D eigenvalue weighted by Gasteiger charge is -2.22. The molecule has 0 aromatic heterocycles. The van der Waals surface area contributed by atoms with Gasteiger partial charge in [0, 0.05) is 12.7 Å². The van der Waals surface area contributed by atoms with Gasteiger partial charge < -0.3 is 4.90 Å². The van der Waals surface area contributed by atoms with E-state index in [2.05, 4.69) is 45.0 Å². The van der Waals surface area contributed by atoms with Crippen LogP contribution in [-0.4, -0.2) is 19.4 Å². The average molecular weight is 219 g/mol. The zero-order valence-electron chi connectivity index (χ0n) is 10.9. The zero-order valence-corrected chi connectivity index (χ0v) is 10.9. The van der Waals surface area contributed by atoms with Crippen molar-refractivity contribution in [2.24, 2.45) is 0 Å². The summed E-state index contributed by atoms with van der Waals surface area (Å²) in [4.78, 5) is 13.0. The monoisotopic (exact) mass is 219 g/mol. The van der Waals surface area contributed by atoms with Crippen molar-refractivity contribution in [1.29, 1.82) is 0 Å². The quantitative estimate of drug-likeness (QED) is 0.779. The molecule has 0 aliphatic carbocycles. The molecule has 1 aromatic rings. The molecule has 0 heterocycles. The number of anilines is 1. The van der Waals surface area contributed by atoms with Crippen LogP contribution in [0.1, 0.15) is 33.3 Å². The van der Waals surface area contributed by atoms with Crippen LogP contribution in [0.3, 0.4) is 0 Å². The van der Waals surface area contributed by atoms with Gasteiger partial charge in [0.25, 0.3) is 0 Å². The fourth-order valence-electron chi connectivity index (χ4n) is 1.64. The van der Waals surface area contributed by atoms with E-state index in [0.717, 1.165) is 5.69 Å². The Morgan fingerprint density at radius 2 is 1.69 bits per heavy atom. The van der Waals surface area contributed by atoms with Crippen molar-refractivity contribution in [3.05, 3.63) is 29.8 Å². The number of Topliss-reactive ketones (excluding diaryl/α,β-unsaturated/α-hetero) is 1. The summed E-state index contributed by atoms with van der Waals surface area (Å²) in [5, 5.41) is 0. The predicted molar refractivity (Wildman–Crippen MR) is 69.1 cm³/mol. The Morgan fingerprint density at radius 3 is 2.06 bits per heavy atom. The van der Waals surface area contributed by atoms with Gasteiger partial charge in [0.1, 0.15) is 5.78 Å². The topological polar surface area (TPSA) is 20.3 Å². The number of hydrogen-bond acceptors (Lipinski definition) is 2. The van der Waals surface area contributed by atoms with Crippen molar-refractivity contribution in [2.45, 2.75) is 33.1 Å². The Balaban J connectivity index is 2.83. The van der Waals surface area contributed by atoms with Gasteiger partial charge in [0.15, 0.2) is 0 Å². The fraction of sp³-hybridized carbons (Fsp3) is 0.500. The summed E-state index contributed by atoms with van der Waals surface area (Å²) < 4.78 is 0. The molecular weight excluding hydrogens is 198 g/mol. The van der Waals surface area contributed by atoms with E-state index >= 15 is 0 Å². The first kappa shape index (κ1) is 12.8. The number of hydrogen-bond donors (Lipinski definition) is 0. The molecule has 0 amide bonds. The van der Waals surface area contributed by atoms with Crippen molar-refractivity contribution in [3.8, 4) is 0 Å². The number of likely N-dealkylation sites (N-methyl/N-ethyl adjacent to an activating group) is 1. The summed E-state index contributed by atoms with van der Waals surface area (Å²) in [5.74, 6) is 0.183. The molecule has 1 rings (SSSR count). The molecule has 0 spiro atoms. The van der Waals surface area contributed by atoms with E-state index in [1.807, 2.05) is 11.9 Å². The van der Waals surface area contributed by atoms with Gasteiger partial charge >= 0.3 is 0 Å². The van der Waals surface area contributed by atoms with E-state index in [9.17, 15) is 4.79 Å². The lowest BCUT2D eigenvalue weighted by atomic mass is 9.87. The van der Waals surface area contributed by atoms with Crippen LogP contribution in [0.2, 0.25) is 0 Å². The second-order valence-corrected chi connectivity index (χ2v) is 5.35. The third-order valence-corrected chi connectivity index (χ3v) is 2.63. The molecule has 0 N–H and O–H groups in total. The normalized spacial score (nSPS) is 11.3. The molecule has 0 saturated carbocycles. The van der Waals surface area contributed by atoms with Crippen LogP contribution in [0, 0.1) is 0 Å². The van der Waals surface area contributed by atoms with Crippen LogP contribution in [0.15, 0.2) is 24.3 Å². The van der Waals surface area contributed by atoms with Crippen LogP contribution in [0.4, 0.5) is 5.69 Å². The molecule has 2 heteroatoms. The zero-order chi connectivity index (χ0) is 12.3. The maximum atomic E-state index is 11.0. The summed E-state index contributed by atoms with van der Waals surface area (Å²) in [7, 11) is 1.94. The third-order valence-electron chi connectivity index (χ3n) is 2.63. The first-order chi connectivity index (χ1) is 7.30. The standard InChI is InChI=1S/C14H21NO/c1-11(16)10-15(5)13-8-6-12(7-9-13)14(2,3)4/h6-9H,10H2,1-5H3. The third kappa shape index (κ3) is 3.37. The first-order valence-corrected chi connectivity index (χ1v) is 5.62. The molecule has 0 atom stereocenters. The van der Waals surface area contributed by atoms with Crippen LogP contribution in [-0.2, 0) is 10.2 Å². The molecule has 0 fully saturated rings. The number of ketones is 1. The molecule has 88 valence electrons. The maximum Gasteiger partial charge on any atom is 0.149 e. The molecule has 2 nitrogen and oxygen atoms in total. The smallest absolute Gasteiger partial charge is 0.149 e. The molecule has 0 radical (unpaired) electrons. The highest BCUT2D eigenvalue weighted by Gasteiger charge is 2.13. The molecule has 1 aromatic carbocycles. The number of carbonyl (C=O) groups excluding carboxylic acids is 1. The summed E-state index contributed by atoms with van der Waals surface area (Å²) in [6.45, 7) is 8.67. The Kier molecular flexibility index (Phi) is 3.74. The highest BCUT2D eigenvalue weighted by molar-refractivity contribution is 5.80. The second kappa shape index (κ2) is 4.69. The van der Waals surface area contributed by atoms with Gasteiger partial charge in [-0.25, -0.2) is 0 Å². The van der Waals surface area contributed by atoms with Crippen LogP contribution in [0.25, 0.3) is 0 Å². The van der Waals surface area contributed by atoms with Crippen LogP contribution >= 0.6 is 0 Å². The Labute approximate surface area is 98.3 Å². The summed E-state index contributed by atoms with van der Waals surface area (Å²) >= 11 is 0. The van der Waals surface area contributed by atoms with Gasteiger partial charge in [-0.3, -0.25) is 4.79 Å². The molecule has 0 saturated heterocycles. The summed E-state index contributed by atoms with van der Waals surface area (Å²) in [5.41, 5.74) is 2.58. The van der Waals surface area contributed by atoms with Gasteiger partial charge in [0.2, 0.25) is 0 Å². The minimum atomic E-state index is 0.178. The largest absolute Gasteiger partial charge is 0.367 e. The van der Waals surface area contributed by atoms with E-state index in [0.29, 0.717) is 6.54 Å². The highest BCUT2D eigenvalue weighted by Crippen LogP contribution is 2.24. The van der Waals surface area contributed by atoms with Gasteiger partial charge in [-0.15, -0.1) is 0 Å². The Hall–Kier alpha value is -1.31. The van der Waals surface area contributed by atoms with Crippen LogP contribution in [0.5, 0.6) is 0 Å². The lowest BCUT2D eigenvalue weighted by molar-refractivity contribution is -0.115. The SMILES string of the molecule is CC(=O)CN(C)c1ccc(C(C)(C)C)cc1. The van der Waals surface area contributed by atoms with Crippen molar-refractivity contribution >= 4 is 11.5 Å². The molecule has 0 unspecified atom stereocenters. The number of nitrogens with zero attached hydrogens (tertiary/aromatic N) is 1. The predicted octanol–water partition coefficient (Wildman–Crippen LogP) is 3.01. The Morgan fingerprint density at radius 1 is 1.19 bits per heavy atom. The van der Waals surface area contributed by atoms with Gasteiger partial charge in [-0.05, 0) is 30.0 Å². The molecule has 0 bridgehead atoms. The van der Waals surface area contributed by atoms with E-state index in [1.165, 1.54) is 5.56 Å². The summed E-state index contributed by atoms with van der Waals surface area (Å²) in [6.07, 6.45) is 0. The summed E-state index contributed by atoms with van der Waals surface area (Å²) in [6, 6.07) is 8.41. The lowest BCUT2D eigenvalue weighted by Crippen LogP contribution is -2.23. The van der Waals surface area contributed by atoms with E-state index < -0.39 is 0 Å². The maximum absolute atomic E-state index is 11.0.